The van der Waals surface area contributed by atoms with Gasteiger partial charge in [-0.3, -0.25) is 0 Å². The summed E-state index contributed by atoms with van der Waals surface area (Å²) in [5.74, 6) is 0.646. The first-order valence-corrected chi connectivity index (χ1v) is 6.08. The van der Waals surface area contributed by atoms with Crippen molar-refractivity contribution >= 4 is 12.1 Å². The van der Waals surface area contributed by atoms with Gasteiger partial charge in [-0.25, -0.2) is 14.5 Å². The van der Waals surface area contributed by atoms with E-state index in [9.17, 15) is 14.9 Å². The predicted molar refractivity (Wildman–Crippen MR) is 72.4 cm³/mol. The Balaban J connectivity index is 2.47. The van der Waals surface area contributed by atoms with Crippen LogP contribution in [0.3, 0.4) is 0 Å². The van der Waals surface area contributed by atoms with Crippen molar-refractivity contribution in [3.05, 3.63) is 41.1 Å². The highest BCUT2D eigenvalue weighted by atomic mass is 16.5. The minimum Gasteiger partial charge on any atom is -0.497 e. The van der Waals surface area contributed by atoms with Crippen LogP contribution in [0, 0.1) is 11.3 Å². The van der Waals surface area contributed by atoms with Crippen LogP contribution in [0.4, 0.5) is 9.59 Å². The number of carbonyl (C=O) groups is 2. The van der Waals surface area contributed by atoms with E-state index in [1.54, 1.807) is 24.3 Å². The maximum absolute atomic E-state index is 11.9. The maximum atomic E-state index is 11.9. The number of hydrogen-bond acceptors (Lipinski definition) is 4. The molecule has 1 aliphatic rings. The maximum Gasteiger partial charge on any atom is 0.419 e. The zero-order valence-corrected chi connectivity index (χ0v) is 11.5. The number of imide groups is 1. The molecule has 0 spiro atoms. The van der Waals surface area contributed by atoms with Crippen molar-refractivity contribution in [2.75, 3.05) is 7.11 Å². The summed E-state index contributed by atoms with van der Waals surface area (Å²) in [7, 11) is 1.53. The van der Waals surface area contributed by atoms with Crippen LogP contribution < -0.4 is 10.1 Å². The molecular formula is C14H13N3O4. The highest BCUT2D eigenvalue weighted by molar-refractivity contribution is 5.94. The molecule has 0 saturated heterocycles. The summed E-state index contributed by atoms with van der Waals surface area (Å²) in [4.78, 5) is 23.5. The van der Waals surface area contributed by atoms with Crippen LogP contribution in [-0.4, -0.2) is 29.2 Å². The molecule has 7 heteroatoms. The molecule has 0 aliphatic carbocycles. The third kappa shape index (κ3) is 2.51. The molecule has 1 aromatic rings. The number of nitrogens with zero attached hydrogens (tertiary/aromatic N) is 2. The topological polar surface area (TPSA) is 103 Å². The van der Waals surface area contributed by atoms with E-state index in [1.807, 2.05) is 6.07 Å². The number of hydrogen-bond donors (Lipinski definition) is 2. The number of urea groups is 1. The Morgan fingerprint density at radius 3 is 2.52 bits per heavy atom. The molecular weight excluding hydrogens is 274 g/mol. The molecule has 0 fully saturated rings. The molecule has 1 aliphatic heterocycles. The molecule has 2 N–H and O–H groups in total. The smallest absolute Gasteiger partial charge is 0.419 e. The highest BCUT2D eigenvalue weighted by Gasteiger charge is 2.35. The zero-order chi connectivity index (χ0) is 15.6. The van der Waals surface area contributed by atoms with E-state index in [-0.39, 0.29) is 11.3 Å². The van der Waals surface area contributed by atoms with Gasteiger partial charge in [-0.2, -0.15) is 5.26 Å². The number of ether oxygens (including phenoxy) is 1. The SMILES string of the molecule is COc1ccc(C2NC(=O)N(C(=O)O)C(C)=C2C#N)cc1. The molecule has 0 aromatic heterocycles. The molecule has 1 atom stereocenters. The first-order valence-electron chi connectivity index (χ1n) is 6.08. The molecule has 3 amide bonds. The molecule has 1 heterocycles. The molecule has 108 valence electrons. The van der Waals surface area contributed by atoms with Crippen molar-refractivity contribution in [2.45, 2.75) is 13.0 Å². The molecule has 1 unspecified atom stereocenters. The number of methoxy groups -OCH3 is 1. The Morgan fingerprint density at radius 2 is 2.05 bits per heavy atom. The van der Waals surface area contributed by atoms with E-state index in [1.165, 1.54) is 14.0 Å². The standard InChI is InChI=1S/C14H13N3O4/c1-8-11(7-15)12(16-13(18)17(8)14(19)20)9-3-5-10(21-2)6-4-9/h3-6,12H,1-2H3,(H,16,18)(H,19,20). The number of benzene rings is 1. The lowest BCUT2D eigenvalue weighted by Crippen LogP contribution is -2.48. The van der Waals surface area contributed by atoms with Crippen molar-refractivity contribution < 1.29 is 19.4 Å². The fourth-order valence-corrected chi connectivity index (χ4v) is 2.16. The molecule has 21 heavy (non-hydrogen) atoms. The van der Waals surface area contributed by atoms with Crippen molar-refractivity contribution in [3.8, 4) is 11.8 Å². The number of carboxylic acid groups (broad SMARTS) is 1. The summed E-state index contributed by atoms with van der Waals surface area (Å²) < 4.78 is 5.05. The quantitative estimate of drug-likeness (QED) is 0.868. The molecule has 0 saturated carbocycles. The number of allylic oxidation sites excluding steroid dienone is 1. The van der Waals surface area contributed by atoms with E-state index >= 15 is 0 Å². The van der Waals surface area contributed by atoms with Gasteiger partial charge in [0.1, 0.15) is 5.75 Å². The van der Waals surface area contributed by atoms with Gasteiger partial charge < -0.3 is 15.2 Å². The van der Waals surface area contributed by atoms with Gasteiger partial charge >= 0.3 is 12.1 Å². The number of rotatable bonds is 2. The third-order valence-electron chi connectivity index (χ3n) is 3.25. The minimum absolute atomic E-state index is 0.106. The summed E-state index contributed by atoms with van der Waals surface area (Å²) in [5, 5.41) is 20.8. The van der Waals surface area contributed by atoms with Gasteiger partial charge in [0.2, 0.25) is 0 Å². The normalized spacial score (nSPS) is 18.0. The van der Waals surface area contributed by atoms with Crippen LogP contribution in [0.2, 0.25) is 0 Å². The van der Waals surface area contributed by atoms with E-state index in [0.717, 1.165) is 0 Å². The summed E-state index contributed by atoms with van der Waals surface area (Å²) in [6.07, 6.45) is -1.43. The summed E-state index contributed by atoms with van der Waals surface area (Å²) in [6, 6.07) is 7.34. The molecule has 1 aromatic carbocycles. The van der Waals surface area contributed by atoms with Crippen molar-refractivity contribution in [1.82, 2.24) is 10.2 Å². The number of nitrogens with one attached hydrogen (secondary N) is 1. The van der Waals surface area contributed by atoms with Crippen LogP contribution in [0.25, 0.3) is 0 Å². The van der Waals surface area contributed by atoms with E-state index in [2.05, 4.69) is 5.32 Å². The van der Waals surface area contributed by atoms with Gasteiger partial charge in [0.05, 0.1) is 24.8 Å². The number of amides is 3. The second kappa shape index (κ2) is 5.54. The molecule has 7 nitrogen and oxygen atoms in total. The lowest BCUT2D eigenvalue weighted by molar-refractivity contribution is 0.155. The van der Waals surface area contributed by atoms with Crippen LogP contribution in [0.5, 0.6) is 5.75 Å². The Labute approximate surface area is 121 Å². The largest absolute Gasteiger partial charge is 0.497 e. The van der Waals surface area contributed by atoms with Crippen LogP contribution >= 0.6 is 0 Å². The number of nitriles is 1. The number of carbonyl (C=O) groups excluding carboxylic acids is 1. The van der Waals surface area contributed by atoms with Gasteiger partial charge in [0.15, 0.2) is 0 Å². The van der Waals surface area contributed by atoms with Crippen LogP contribution in [0.1, 0.15) is 18.5 Å². The van der Waals surface area contributed by atoms with Gasteiger partial charge in [-0.15, -0.1) is 0 Å². The average molecular weight is 287 g/mol. The molecule has 0 radical (unpaired) electrons. The lowest BCUT2D eigenvalue weighted by atomic mass is 9.96. The second-order valence-corrected chi connectivity index (χ2v) is 4.38. The predicted octanol–water partition coefficient (Wildman–Crippen LogP) is 2.24. The van der Waals surface area contributed by atoms with E-state index < -0.39 is 18.2 Å². The highest BCUT2D eigenvalue weighted by Crippen LogP contribution is 2.30. The van der Waals surface area contributed by atoms with E-state index in [4.69, 9.17) is 9.84 Å². The second-order valence-electron chi connectivity index (χ2n) is 4.38. The van der Waals surface area contributed by atoms with Gasteiger partial charge in [0.25, 0.3) is 0 Å². The lowest BCUT2D eigenvalue weighted by Gasteiger charge is -2.30. The Hall–Kier alpha value is -3.01. The fraction of sp³-hybridized carbons (Fsp3) is 0.214. The van der Waals surface area contributed by atoms with Crippen LogP contribution in [-0.2, 0) is 0 Å². The van der Waals surface area contributed by atoms with Crippen molar-refractivity contribution in [1.29, 1.82) is 5.26 Å². The van der Waals surface area contributed by atoms with E-state index in [0.29, 0.717) is 16.2 Å². The van der Waals surface area contributed by atoms with Crippen LogP contribution in [0.15, 0.2) is 35.5 Å². The summed E-state index contributed by atoms with van der Waals surface area (Å²) in [5.41, 5.74) is 0.960. The van der Waals surface area contributed by atoms with Gasteiger partial charge in [0, 0.05) is 5.70 Å². The first-order chi connectivity index (χ1) is 9.99. The summed E-state index contributed by atoms with van der Waals surface area (Å²) in [6.45, 7) is 1.43. The Bertz CT molecular complexity index is 658. The average Bonchev–Trinajstić information content (AvgIpc) is 2.46. The molecule has 2 rings (SSSR count). The van der Waals surface area contributed by atoms with Crippen molar-refractivity contribution in [2.24, 2.45) is 0 Å². The first kappa shape index (κ1) is 14.4. The Kier molecular flexibility index (Phi) is 3.80. The summed E-state index contributed by atoms with van der Waals surface area (Å²) >= 11 is 0. The Morgan fingerprint density at radius 1 is 1.43 bits per heavy atom. The zero-order valence-electron chi connectivity index (χ0n) is 11.5. The fourth-order valence-electron chi connectivity index (χ4n) is 2.16. The minimum atomic E-state index is -1.43. The monoisotopic (exact) mass is 287 g/mol. The van der Waals surface area contributed by atoms with Gasteiger partial charge in [-0.1, -0.05) is 12.1 Å². The van der Waals surface area contributed by atoms with Crippen molar-refractivity contribution in [3.63, 3.8) is 0 Å². The third-order valence-corrected chi connectivity index (χ3v) is 3.25. The molecule has 0 bridgehead atoms. The van der Waals surface area contributed by atoms with Gasteiger partial charge in [-0.05, 0) is 24.6 Å².